The standard InChI is InChI=1S/C17H23FN2O2/c18-15-7-2-1-6-14(15)16-11-20(8-9-22-16)17(21)12-4-3-5-13(19)10-12/h1-2,6-7,12-13,16H,3-5,8-11,19H2/t12-,13-,16-/m1/s1. The molecule has 0 unspecified atom stereocenters. The van der Waals surface area contributed by atoms with E-state index in [-0.39, 0.29) is 29.8 Å². The molecule has 1 aromatic carbocycles. The number of benzene rings is 1. The summed E-state index contributed by atoms with van der Waals surface area (Å²) < 4.78 is 19.6. The van der Waals surface area contributed by atoms with Crippen molar-refractivity contribution < 1.29 is 13.9 Å². The molecule has 1 aliphatic heterocycles. The Labute approximate surface area is 130 Å². The Morgan fingerprint density at radius 2 is 2.14 bits per heavy atom. The van der Waals surface area contributed by atoms with E-state index in [0.717, 1.165) is 25.7 Å². The van der Waals surface area contributed by atoms with E-state index in [4.69, 9.17) is 10.5 Å². The molecule has 1 aliphatic carbocycles. The third-order valence-electron chi connectivity index (χ3n) is 4.69. The van der Waals surface area contributed by atoms with Gasteiger partial charge in [-0.25, -0.2) is 4.39 Å². The lowest BCUT2D eigenvalue weighted by Crippen LogP contribution is -2.46. The van der Waals surface area contributed by atoms with Crippen molar-refractivity contribution in [3.8, 4) is 0 Å². The van der Waals surface area contributed by atoms with Crippen LogP contribution in [-0.4, -0.2) is 36.5 Å². The molecule has 0 spiro atoms. The molecule has 1 amide bonds. The molecule has 22 heavy (non-hydrogen) atoms. The number of morpholine rings is 1. The molecule has 5 heteroatoms. The number of ether oxygens (including phenoxy) is 1. The van der Waals surface area contributed by atoms with Gasteiger partial charge in [0.25, 0.3) is 0 Å². The third kappa shape index (κ3) is 3.31. The van der Waals surface area contributed by atoms with Gasteiger partial charge >= 0.3 is 0 Å². The van der Waals surface area contributed by atoms with Gasteiger partial charge in [-0.1, -0.05) is 24.6 Å². The Morgan fingerprint density at radius 3 is 2.91 bits per heavy atom. The van der Waals surface area contributed by atoms with Crippen LogP contribution in [0.25, 0.3) is 0 Å². The lowest BCUT2D eigenvalue weighted by Gasteiger charge is -2.37. The van der Waals surface area contributed by atoms with Crippen LogP contribution in [0.5, 0.6) is 0 Å². The van der Waals surface area contributed by atoms with Gasteiger partial charge in [0.2, 0.25) is 5.91 Å². The summed E-state index contributed by atoms with van der Waals surface area (Å²) in [6, 6.07) is 6.74. The predicted molar refractivity (Wildman–Crippen MR) is 81.6 cm³/mol. The summed E-state index contributed by atoms with van der Waals surface area (Å²) in [5.41, 5.74) is 6.51. The van der Waals surface area contributed by atoms with E-state index in [0.29, 0.717) is 25.3 Å². The van der Waals surface area contributed by atoms with E-state index in [2.05, 4.69) is 0 Å². The van der Waals surface area contributed by atoms with Gasteiger partial charge in [0.05, 0.1) is 13.2 Å². The van der Waals surface area contributed by atoms with Crippen LogP contribution >= 0.6 is 0 Å². The van der Waals surface area contributed by atoms with Gasteiger partial charge in [-0.2, -0.15) is 0 Å². The number of halogens is 1. The topological polar surface area (TPSA) is 55.6 Å². The van der Waals surface area contributed by atoms with Crippen molar-refractivity contribution in [3.63, 3.8) is 0 Å². The van der Waals surface area contributed by atoms with Crippen molar-refractivity contribution in [1.29, 1.82) is 0 Å². The molecule has 1 heterocycles. The van der Waals surface area contributed by atoms with Gasteiger partial charge in [0.15, 0.2) is 0 Å². The highest BCUT2D eigenvalue weighted by atomic mass is 19.1. The summed E-state index contributed by atoms with van der Waals surface area (Å²) in [5, 5.41) is 0. The fourth-order valence-corrected chi connectivity index (χ4v) is 3.48. The molecule has 1 saturated heterocycles. The van der Waals surface area contributed by atoms with Crippen molar-refractivity contribution in [2.75, 3.05) is 19.7 Å². The highest BCUT2D eigenvalue weighted by molar-refractivity contribution is 5.79. The fraction of sp³-hybridized carbons (Fsp3) is 0.588. The van der Waals surface area contributed by atoms with Gasteiger partial charge in [-0.05, 0) is 25.3 Å². The van der Waals surface area contributed by atoms with E-state index in [9.17, 15) is 9.18 Å². The van der Waals surface area contributed by atoms with Crippen molar-refractivity contribution >= 4 is 5.91 Å². The molecule has 3 atom stereocenters. The number of carbonyl (C=O) groups is 1. The molecule has 120 valence electrons. The highest BCUT2D eigenvalue weighted by Gasteiger charge is 2.33. The van der Waals surface area contributed by atoms with E-state index in [1.54, 1.807) is 18.2 Å². The van der Waals surface area contributed by atoms with Gasteiger partial charge in [-0.15, -0.1) is 0 Å². The minimum Gasteiger partial charge on any atom is -0.370 e. The van der Waals surface area contributed by atoms with Crippen LogP contribution in [0.3, 0.4) is 0 Å². The second kappa shape index (κ2) is 6.75. The second-order valence-electron chi connectivity index (χ2n) is 6.29. The monoisotopic (exact) mass is 306 g/mol. The second-order valence-corrected chi connectivity index (χ2v) is 6.29. The molecule has 4 nitrogen and oxygen atoms in total. The van der Waals surface area contributed by atoms with Gasteiger partial charge in [-0.3, -0.25) is 4.79 Å². The minimum absolute atomic E-state index is 0.0168. The first-order valence-corrected chi connectivity index (χ1v) is 8.05. The maximum absolute atomic E-state index is 13.9. The molecule has 0 radical (unpaired) electrons. The Morgan fingerprint density at radius 1 is 1.32 bits per heavy atom. The van der Waals surface area contributed by atoms with Crippen LogP contribution in [0, 0.1) is 11.7 Å². The van der Waals surface area contributed by atoms with Crippen LogP contribution in [-0.2, 0) is 9.53 Å². The van der Waals surface area contributed by atoms with Crippen LogP contribution in [0.2, 0.25) is 0 Å². The van der Waals surface area contributed by atoms with Crippen molar-refractivity contribution in [3.05, 3.63) is 35.6 Å². The zero-order valence-electron chi connectivity index (χ0n) is 12.7. The summed E-state index contributed by atoms with van der Waals surface area (Å²) in [6.45, 7) is 1.45. The van der Waals surface area contributed by atoms with Crippen molar-refractivity contribution in [2.45, 2.75) is 37.8 Å². The Kier molecular flexibility index (Phi) is 4.74. The first kappa shape index (κ1) is 15.4. The molecular formula is C17H23FN2O2. The summed E-state index contributed by atoms with van der Waals surface area (Å²) >= 11 is 0. The summed E-state index contributed by atoms with van der Waals surface area (Å²) in [6.07, 6.45) is 3.31. The number of hydrogen-bond acceptors (Lipinski definition) is 3. The Bertz CT molecular complexity index is 537. The average Bonchev–Trinajstić information content (AvgIpc) is 2.55. The first-order chi connectivity index (χ1) is 10.6. The zero-order chi connectivity index (χ0) is 15.5. The summed E-state index contributed by atoms with van der Waals surface area (Å²) in [5.74, 6) is -0.107. The number of amides is 1. The van der Waals surface area contributed by atoms with Crippen molar-refractivity contribution in [1.82, 2.24) is 4.90 Å². The normalized spacial score (nSPS) is 29.4. The summed E-state index contributed by atoms with van der Waals surface area (Å²) in [4.78, 5) is 14.5. The van der Waals surface area contributed by atoms with Crippen LogP contribution in [0.4, 0.5) is 4.39 Å². The maximum Gasteiger partial charge on any atom is 0.225 e. The number of rotatable bonds is 2. The van der Waals surface area contributed by atoms with E-state index >= 15 is 0 Å². The highest BCUT2D eigenvalue weighted by Crippen LogP contribution is 2.29. The van der Waals surface area contributed by atoms with Gasteiger partial charge < -0.3 is 15.4 Å². The molecule has 1 aromatic rings. The molecule has 2 fully saturated rings. The van der Waals surface area contributed by atoms with Crippen LogP contribution < -0.4 is 5.73 Å². The number of nitrogens with two attached hydrogens (primary N) is 1. The molecule has 0 aromatic heterocycles. The van der Waals surface area contributed by atoms with Crippen molar-refractivity contribution in [2.24, 2.45) is 11.7 Å². The molecular weight excluding hydrogens is 283 g/mol. The quantitative estimate of drug-likeness (QED) is 0.911. The number of hydrogen-bond donors (Lipinski definition) is 1. The fourth-order valence-electron chi connectivity index (χ4n) is 3.48. The SMILES string of the molecule is N[C@@H]1CCC[C@@H](C(=O)N2CCO[C@@H](c3ccccc3F)C2)C1. The van der Waals surface area contributed by atoms with E-state index in [1.807, 2.05) is 4.90 Å². The average molecular weight is 306 g/mol. The largest absolute Gasteiger partial charge is 0.370 e. The smallest absolute Gasteiger partial charge is 0.225 e. The number of carbonyl (C=O) groups excluding carboxylic acids is 1. The van der Waals surface area contributed by atoms with Gasteiger partial charge in [0, 0.05) is 24.1 Å². The van der Waals surface area contributed by atoms with E-state index < -0.39 is 0 Å². The molecule has 2 N–H and O–H groups in total. The van der Waals surface area contributed by atoms with Crippen LogP contribution in [0.1, 0.15) is 37.4 Å². The maximum atomic E-state index is 13.9. The Hall–Kier alpha value is -1.46. The van der Waals surface area contributed by atoms with E-state index in [1.165, 1.54) is 6.07 Å². The molecule has 1 saturated carbocycles. The molecule has 2 aliphatic rings. The minimum atomic E-state index is -0.379. The molecule has 0 bridgehead atoms. The zero-order valence-corrected chi connectivity index (χ0v) is 12.7. The number of nitrogens with zero attached hydrogens (tertiary/aromatic N) is 1. The lowest BCUT2D eigenvalue weighted by molar-refractivity contribution is -0.144. The van der Waals surface area contributed by atoms with Gasteiger partial charge in [0.1, 0.15) is 11.9 Å². The molecule has 3 rings (SSSR count). The predicted octanol–water partition coefficient (Wildman–Crippen LogP) is 2.24. The first-order valence-electron chi connectivity index (χ1n) is 8.05. The summed E-state index contributed by atoms with van der Waals surface area (Å²) in [7, 11) is 0. The Balaban J connectivity index is 1.68. The van der Waals surface area contributed by atoms with Crippen LogP contribution in [0.15, 0.2) is 24.3 Å². The lowest BCUT2D eigenvalue weighted by atomic mass is 9.85. The third-order valence-corrected chi connectivity index (χ3v) is 4.69.